The second-order valence-electron chi connectivity index (χ2n) is 4.30. The molecule has 1 aliphatic carbocycles. The van der Waals surface area contributed by atoms with Gasteiger partial charge in [0.15, 0.2) is 0 Å². The molecule has 3 nitrogen and oxygen atoms in total. The van der Waals surface area contributed by atoms with Crippen LogP contribution in [0.4, 0.5) is 0 Å². The molecule has 0 radical (unpaired) electrons. The number of fused-ring (bicyclic) bond motifs is 3. The molecule has 2 aliphatic heterocycles. The number of hydrogen-bond donors (Lipinski definition) is 2. The van der Waals surface area contributed by atoms with E-state index in [0.29, 0.717) is 6.17 Å². The molecule has 0 aromatic carbocycles. The molecule has 0 amide bonds. The Kier molecular flexibility index (Phi) is 1.63. The van der Waals surface area contributed by atoms with Crippen molar-refractivity contribution in [2.75, 3.05) is 6.67 Å². The van der Waals surface area contributed by atoms with Crippen molar-refractivity contribution in [2.24, 2.45) is 5.92 Å². The summed E-state index contributed by atoms with van der Waals surface area (Å²) in [4.78, 5) is 0. The van der Waals surface area contributed by atoms with Gasteiger partial charge in [-0.2, -0.15) is 0 Å². The number of rotatable bonds is 0. The highest BCUT2D eigenvalue weighted by Gasteiger charge is 2.41. The average molecular weight is 167 g/mol. The van der Waals surface area contributed by atoms with Gasteiger partial charge in [-0.3, -0.25) is 5.32 Å². The Hall–Kier alpha value is -0.120. The summed E-state index contributed by atoms with van der Waals surface area (Å²) in [5.41, 5.74) is 3.45. The molecule has 3 rings (SSSR count). The highest BCUT2D eigenvalue weighted by Crippen LogP contribution is 2.38. The lowest BCUT2D eigenvalue weighted by Gasteiger charge is -2.38. The molecule has 12 heavy (non-hydrogen) atoms. The number of nitrogens with one attached hydrogen (secondary N) is 2. The van der Waals surface area contributed by atoms with Crippen molar-refractivity contribution >= 4 is 0 Å². The summed E-state index contributed by atoms with van der Waals surface area (Å²) >= 11 is 0. The van der Waals surface area contributed by atoms with E-state index in [0.717, 1.165) is 18.6 Å². The Morgan fingerprint density at radius 1 is 1.08 bits per heavy atom. The molecule has 0 aromatic rings. The van der Waals surface area contributed by atoms with Gasteiger partial charge in [0.25, 0.3) is 0 Å². The molecule has 3 fully saturated rings. The van der Waals surface area contributed by atoms with Crippen molar-refractivity contribution in [3.63, 3.8) is 0 Å². The van der Waals surface area contributed by atoms with E-state index in [1.807, 2.05) is 0 Å². The van der Waals surface area contributed by atoms with E-state index >= 15 is 0 Å². The Morgan fingerprint density at radius 2 is 2.08 bits per heavy atom. The molecule has 1 saturated carbocycles. The maximum atomic E-state index is 3.49. The predicted octanol–water partition coefficient (Wildman–Crippen LogP) is 0.642. The largest absolute Gasteiger partial charge is 0.287 e. The molecule has 0 aromatic heterocycles. The zero-order valence-corrected chi connectivity index (χ0v) is 7.42. The van der Waals surface area contributed by atoms with Gasteiger partial charge < -0.3 is 0 Å². The monoisotopic (exact) mass is 167 g/mol. The van der Waals surface area contributed by atoms with Crippen molar-refractivity contribution < 1.29 is 0 Å². The average Bonchev–Trinajstić information content (AvgIpc) is 2.71. The minimum Gasteiger partial charge on any atom is -0.287 e. The minimum atomic E-state index is 0.643. The first-order valence-corrected chi connectivity index (χ1v) is 5.20. The van der Waals surface area contributed by atoms with Gasteiger partial charge in [-0.1, -0.05) is 6.42 Å². The summed E-state index contributed by atoms with van der Waals surface area (Å²) in [7, 11) is 0. The zero-order chi connectivity index (χ0) is 7.97. The van der Waals surface area contributed by atoms with Crippen molar-refractivity contribution in [1.82, 2.24) is 15.8 Å². The van der Waals surface area contributed by atoms with E-state index in [-0.39, 0.29) is 0 Å². The number of piperidine rings is 1. The molecule has 3 unspecified atom stereocenters. The van der Waals surface area contributed by atoms with Crippen LogP contribution in [0.5, 0.6) is 0 Å². The van der Waals surface area contributed by atoms with Crippen LogP contribution in [0, 0.1) is 5.92 Å². The Bertz CT molecular complexity index is 163. The third-order valence-electron chi connectivity index (χ3n) is 3.72. The molecule has 3 aliphatic rings. The second-order valence-corrected chi connectivity index (χ2v) is 4.30. The third kappa shape index (κ3) is 0.934. The summed E-state index contributed by atoms with van der Waals surface area (Å²) < 4.78 is 0. The fraction of sp³-hybridized carbons (Fsp3) is 1.00. The predicted molar refractivity (Wildman–Crippen MR) is 47.1 cm³/mol. The molecule has 0 bridgehead atoms. The second kappa shape index (κ2) is 2.69. The van der Waals surface area contributed by atoms with Gasteiger partial charge in [-0.25, -0.2) is 10.4 Å². The SMILES string of the molecule is C1CC2CCC3NCNN3C2C1. The first-order chi connectivity index (χ1) is 5.95. The molecular formula is C9H17N3. The maximum Gasteiger partial charge on any atom is 0.0746 e. The lowest BCUT2D eigenvalue weighted by Crippen LogP contribution is -2.51. The first kappa shape index (κ1) is 7.30. The molecular weight excluding hydrogens is 150 g/mol. The van der Waals surface area contributed by atoms with E-state index in [1.165, 1.54) is 32.1 Å². The molecule has 68 valence electrons. The first-order valence-electron chi connectivity index (χ1n) is 5.20. The van der Waals surface area contributed by atoms with Gasteiger partial charge in [0.1, 0.15) is 0 Å². The lowest BCUT2D eigenvalue weighted by atomic mass is 9.92. The molecule has 2 N–H and O–H groups in total. The lowest BCUT2D eigenvalue weighted by molar-refractivity contribution is 0.0429. The Balaban J connectivity index is 1.81. The molecule has 3 atom stereocenters. The normalized spacial score (nSPS) is 47.5. The van der Waals surface area contributed by atoms with Gasteiger partial charge >= 0.3 is 0 Å². The van der Waals surface area contributed by atoms with Crippen LogP contribution >= 0.6 is 0 Å². The molecule has 0 spiro atoms. The molecule has 3 heteroatoms. The van der Waals surface area contributed by atoms with Crippen molar-refractivity contribution in [1.29, 1.82) is 0 Å². The van der Waals surface area contributed by atoms with Crippen LogP contribution in [0.15, 0.2) is 0 Å². The summed E-state index contributed by atoms with van der Waals surface area (Å²) in [6, 6.07) is 0.846. The van der Waals surface area contributed by atoms with Gasteiger partial charge in [-0.15, -0.1) is 0 Å². The third-order valence-corrected chi connectivity index (χ3v) is 3.72. The molecule has 2 saturated heterocycles. The van der Waals surface area contributed by atoms with Crippen molar-refractivity contribution in [2.45, 2.75) is 44.3 Å². The Labute approximate surface area is 73.5 Å². The van der Waals surface area contributed by atoms with E-state index in [2.05, 4.69) is 15.8 Å². The smallest absolute Gasteiger partial charge is 0.0746 e. The molecule has 2 heterocycles. The van der Waals surface area contributed by atoms with Crippen LogP contribution in [-0.2, 0) is 0 Å². The van der Waals surface area contributed by atoms with Crippen LogP contribution in [0.2, 0.25) is 0 Å². The van der Waals surface area contributed by atoms with Gasteiger partial charge in [0.2, 0.25) is 0 Å². The van der Waals surface area contributed by atoms with E-state index in [9.17, 15) is 0 Å². The summed E-state index contributed by atoms with van der Waals surface area (Å²) in [6.07, 6.45) is 7.75. The number of nitrogens with zero attached hydrogens (tertiary/aromatic N) is 1. The fourth-order valence-electron chi connectivity index (χ4n) is 3.14. The van der Waals surface area contributed by atoms with Gasteiger partial charge in [0.05, 0.1) is 12.8 Å². The summed E-state index contributed by atoms with van der Waals surface area (Å²) in [6.45, 7) is 0.980. The van der Waals surface area contributed by atoms with E-state index < -0.39 is 0 Å². The number of hydrogen-bond acceptors (Lipinski definition) is 3. The van der Waals surface area contributed by atoms with Crippen LogP contribution in [0.25, 0.3) is 0 Å². The van der Waals surface area contributed by atoms with Crippen molar-refractivity contribution in [3.8, 4) is 0 Å². The van der Waals surface area contributed by atoms with Gasteiger partial charge in [-0.05, 0) is 31.6 Å². The quantitative estimate of drug-likeness (QED) is 0.554. The standard InChI is InChI=1S/C9H17N3/c1-2-7-4-5-9-10-6-11-12(9)8(7)3-1/h7-11H,1-6H2. The minimum absolute atomic E-state index is 0.643. The van der Waals surface area contributed by atoms with Crippen LogP contribution in [0.1, 0.15) is 32.1 Å². The van der Waals surface area contributed by atoms with Gasteiger partial charge in [0, 0.05) is 6.04 Å². The van der Waals surface area contributed by atoms with E-state index in [4.69, 9.17) is 0 Å². The zero-order valence-electron chi connectivity index (χ0n) is 7.42. The highest BCUT2D eigenvalue weighted by molar-refractivity contribution is 4.92. The summed E-state index contributed by atoms with van der Waals surface area (Å²) in [5.74, 6) is 0.994. The van der Waals surface area contributed by atoms with Crippen LogP contribution in [-0.4, -0.2) is 23.9 Å². The maximum absolute atomic E-state index is 3.49. The van der Waals surface area contributed by atoms with Crippen LogP contribution in [0.3, 0.4) is 0 Å². The Morgan fingerprint density at radius 3 is 3.08 bits per heavy atom. The fourth-order valence-corrected chi connectivity index (χ4v) is 3.14. The summed E-state index contributed by atoms with van der Waals surface area (Å²) in [5, 5.41) is 5.97. The highest BCUT2D eigenvalue weighted by atomic mass is 15.6. The van der Waals surface area contributed by atoms with E-state index in [1.54, 1.807) is 0 Å². The number of hydrazine groups is 1. The topological polar surface area (TPSA) is 27.3 Å². The van der Waals surface area contributed by atoms with Crippen LogP contribution < -0.4 is 10.7 Å². The van der Waals surface area contributed by atoms with Crippen molar-refractivity contribution in [3.05, 3.63) is 0 Å².